The van der Waals surface area contributed by atoms with Crippen LogP contribution in [0.3, 0.4) is 0 Å². The van der Waals surface area contributed by atoms with Gasteiger partial charge in [0.05, 0.1) is 5.56 Å². The summed E-state index contributed by atoms with van der Waals surface area (Å²) in [5.74, 6) is -3.48. The molecule has 0 aromatic heterocycles. The third-order valence-electron chi connectivity index (χ3n) is 1.50. The van der Waals surface area contributed by atoms with E-state index >= 15 is 0 Å². The van der Waals surface area contributed by atoms with Gasteiger partial charge in [-0.05, 0) is 6.07 Å². The van der Waals surface area contributed by atoms with Gasteiger partial charge in [-0.3, -0.25) is 0 Å². The molecule has 0 saturated heterocycles. The molecule has 0 unspecified atom stereocenters. The van der Waals surface area contributed by atoms with E-state index in [0.717, 1.165) is 0 Å². The number of hydrogen-bond acceptors (Lipinski definition) is 1. The predicted molar refractivity (Wildman–Crippen MR) is 37.9 cm³/mol. The number of benzene rings is 1. The molecular formula is C8H5F5O. The second kappa shape index (κ2) is 4.26. The first-order valence-corrected chi connectivity index (χ1v) is 3.52. The summed E-state index contributed by atoms with van der Waals surface area (Å²) in [5.41, 5.74) is -0.874. The van der Waals surface area contributed by atoms with Crippen LogP contribution in [0, 0.1) is 11.6 Å². The highest BCUT2D eigenvalue weighted by Crippen LogP contribution is 2.30. The minimum atomic E-state index is -3.05. The van der Waals surface area contributed by atoms with Gasteiger partial charge < -0.3 is 4.74 Å². The van der Waals surface area contributed by atoms with Crippen molar-refractivity contribution in [1.82, 2.24) is 0 Å². The Kier molecular flexibility index (Phi) is 3.27. The van der Waals surface area contributed by atoms with Crippen LogP contribution in [-0.4, -0.2) is 6.86 Å². The van der Waals surface area contributed by atoms with Crippen molar-refractivity contribution >= 4 is 0 Å². The first kappa shape index (κ1) is 10.7. The quantitative estimate of drug-likeness (QED) is 0.699. The largest absolute Gasteiger partial charge is 0.462 e. The van der Waals surface area contributed by atoms with Crippen molar-refractivity contribution in [2.75, 3.05) is 6.86 Å². The molecule has 0 aliphatic carbocycles. The lowest BCUT2D eigenvalue weighted by molar-refractivity contribution is 0.135. The van der Waals surface area contributed by atoms with Gasteiger partial charge in [0.1, 0.15) is 5.75 Å². The number of alkyl halides is 3. The van der Waals surface area contributed by atoms with Crippen LogP contribution in [0.25, 0.3) is 0 Å². The normalized spacial score (nSPS) is 10.7. The average molecular weight is 212 g/mol. The molecule has 0 saturated carbocycles. The van der Waals surface area contributed by atoms with Crippen LogP contribution in [0.2, 0.25) is 0 Å². The standard InChI is InChI=1S/C8H5F5O/c9-3-14-7-2-6(11)5(10)1-4(7)8(12)13/h1-2,8H,3H2. The molecule has 1 rings (SSSR count). The van der Waals surface area contributed by atoms with Crippen LogP contribution in [0.15, 0.2) is 12.1 Å². The van der Waals surface area contributed by atoms with E-state index in [2.05, 4.69) is 4.74 Å². The molecule has 0 bridgehead atoms. The Balaban J connectivity index is 3.17. The Labute approximate surface area is 76.1 Å². The van der Waals surface area contributed by atoms with Gasteiger partial charge in [-0.15, -0.1) is 0 Å². The van der Waals surface area contributed by atoms with Crippen molar-refractivity contribution in [1.29, 1.82) is 0 Å². The number of ether oxygens (including phenoxy) is 1. The van der Waals surface area contributed by atoms with Crippen molar-refractivity contribution in [2.24, 2.45) is 0 Å². The molecule has 1 nitrogen and oxygen atoms in total. The third-order valence-corrected chi connectivity index (χ3v) is 1.50. The highest BCUT2D eigenvalue weighted by Gasteiger charge is 2.18. The van der Waals surface area contributed by atoms with E-state index in [0.29, 0.717) is 6.07 Å². The Hall–Kier alpha value is -1.33. The van der Waals surface area contributed by atoms with Crippen LogP contribution in [0.5, 0.6) is 5.75 Å². The molecule has 0 atom stereocenters. The molecule has 14 heavy (non-hydrogen) atoms. The van der Waals surface area contributed by atoms with Crippen molar-refractivity contribution in [2.45, 2.75) is 6.43 Å². The fourth-order valence-corrected chi connectivity index (χ4v) is 0.898. The van der Waals surface area contributed by atoms with Crippen LogP contribution >= 0.6 is 0 Å². The van der Waals surface area contributed by atoms with E-state index in [9.17, 15) is 22.0 Å². The first-order valence-electron chi connectivity index (χ1n) is 3.52. The maximum atomic E-state index is 12.5. The van der Waals surface area contributed by atoms with Crippen LogP contribution in [0.4, 0.5) is 22.0 Å². The third kappa shape index (κ3) is 2.12. The van der Waals surface area contributed by atoms with Gasteiger partial charge in [-0.2, -0.15) is 0 Å². The van der Waals surface area contributed by atoms with Gasteiger partial charge in [0.2, 0.25) is 6.86 Å². The molecule has 0 aliphatic rings. The molecule has 1 aromatic carbocycles. The Bertz CT molecular complexity index is 326. The van der Waals surface area contributed by atoms with Gasteiger partial charge >= 0.3 is 0 Å². The maximum absolute atomic E-state index is 12.5. The van der Waals surface area contributed by atoms with Crippen molar-refractivity contribution in [3.63, 3.8) is 0 Å². The summed E-state index contributed by atoms with van der Waals surface area (Å²) in [7, 11) is 0. The fraction of sp³-hybridized carbons (Fsp3) is 0.250. The summed E-state index contributed by atoms with van der Waals surface area (Å²) >= 11 is 0. The second-order valence-electron chi connectivity index (χ2n) is 2.36. The summed E-state index contributed by atoms with van der Waals surface area (Å²) in [4.78, 5) is 0. The second-order valence-corrected chi connectivity index (χ2v) is 2.36. The molecule has 0 heterocycles. The highest BCUT2D eigenvalue weighted by molar-refractivity contribution is 5.35. The van der Waals surface area contributed by atoms with Gasteiger partial charge in [-0.1, -0.05) is 0 Å². The fourth-order valence-electron chi connectivity index (χ4n) is 0.898. The van der Waals surface area contributed by atoms with Gasteiger partial charge in [0.25, 0.3) is 6.43 Å². The number of halogens is 5. The highest BCUT2D eigenvalue weighted by atomic mass is 19.3. The van der Waals surface area contributed by atoms with E-state index in [-0.39, 0.29) is 6.07 Å². The summed E-state index contributed by atoms with van der Waals surface area (Å²) in [6.45, 7) is -1.38. The van der Waals surface area contributed by atoms with Crippen LogP contribution in [-0.2, 0) is 0 Å². The molecule has 0 aliphatic heterocycles. The summed E-state index contributed by atoms with van der Waals surface area (Å²) in [5, 5.41) is 0. The van der Waals surface area contributed by atoms with E-state index in [1.54, 1.807) is 0 Å². The van der Waals surface area contributed by atoms with Crippen molar-refractivity contribution < 1.29 is 26.7 Å². The maximum Gasteiger partial charge on any atom is 0.267 e. The van der Waals surface area contributed by atoms with Crippen LogP contribution in [0.1, 0.15) is 12.0 Å². The molecule has 1 aromatic rings. The smallest absolute Gasteiger partial charge is 0.267 e. The summed E-state index contributed by atoms with van der Waals surface area (Å²) in [6, 6.07) is 0.668. The zero-order valence-electron chi connectivity index (χ0n) is 6.74. The molecule has 0 N–H and O–H groups in total. The van der Waals surface area contributed by atoms with E-state index < -0.39 is 36.2 Å². The lowest BCUT2D eigenvalue weighted by atomic mass is 10.2. The average Bonchev–Trinajstić information content (AvgIpc) is 2.11. The molecule has 0 spiro atoms. The summed E-state index contributed by atoms with van der Waals surface area (Å²) in [6.07, 6.45) is -3.05. The Morgan fingerprint density at radius 2 is 1.71 bits per heavy atom. The molecule has 6 heteroatoms. The monoisotopic (exact) mass is 212 g/mol. The van der Waals surface area contributed by atoms with E-state index in [4.69, 9.17) is 0 Å². The van der Waals surface area contributed by atoms with E-state index in [1.165, 1.54) is 0 Å². The van der Waals surface area contributed by atoms with Gasteiger partial charge in [0.15, 0.2) is 11.6 Å². The lowest BCUT2D eigenvalue weighted by Crippen LogP contribution is -1.99. The zero-order valence-corrected chi connectivity index (χ0v) is 6.74. The van der Waals surface area contributed by atoms with Gasteiger partial charge in [-0.25, -0.2) is 22.0 Å². The number of rotatable bonds is 3. The van der Waals surface area contributed by atoms with E-state index in [1.807, 2.05) is 0 Å². The van der Waals surface area contributed by atoms with Crippen molar-refractivity contribution in [3.05, 3.63) is 29.3 Å². The SMILES string of the molecule is FCOc1cc(F)c(F)cc1C(F)F. The minimum Gasteiger partial charge on any atom is -0.462 e. The molecule has 0 radical (unpaired) electrons. The molecular weight excluding hydrogens is 207 g/mol. The van der Waals surface area contributed by atoms with Gasteiger partial charge in [0, 0.05) is 6.07 Å². The van der Waals surface area contributed by atoms with Crippen molar-refractivity contribution in [3.8, 4) is 5.75 Å². The van der Waals surface area contributed by atoms with Crippen LogP contribution < -0.4 is 4.74 Å². The first-order chi connectivity index (χ1) is 6.56. The summed E-state index contributed by atoms with van der Waals surface area (Å²) < 4.78 is 65.1. The molecule has 0 fully saturated rings. The Morgan fingerprint density at radius 1 is 1.14 bits per heavy atom. The number of hydrogen-bond donors (Lipinski definition) is 0. The molecule has 0 amide bonds. The molecule has 78 valence electrons. The topological polar surface area (TPSA) is 9.23 Å². The minimum absolute atomic E-state index is 0.283. The Morgan fingerprint density at radius 3 is 2.21 bits per heavy atom. The zero-order chi connectivity index (χ0) is 10.7. The lowest BCUT2D eigenvalue weighted by Gasteiger charge is -2.08. The predicted octanol–water partition coefficient (Wildman–Crippen LogP) is 3.21.